The number of rotatable bonds is 3. The van der Waals surface area contributed by atoms with Crippen LogP contribution in [0.2, 0.25) is 0 Å². The van der Waals surface area contributed by atoms with Crippen LogP contribution in [-0.2, 0) is 4.74 Å². The zero-order valence-electron chi connectivity index (χ0n) is 13.6. The number of amides is 1. The summed E-state index contributed by atoms with van der Waals surface area (Å²) in [5.74, 6) is 0.952. The molecule has 0 spiro atoms. The molecule has 2 atom stereocenters. The molecule has 2 rings (SSSR count). The van der Waals surface area contributed by atoms with E-state index < -0.39 is 5.60 Å². The molecule has 5 nitrogen and oxygen atoms in total. The van der Waals surface area contributed by atoms with Gasteiger partial charge >= 0.3 is 6.09 Å². The Morgan fingerprint density at radius 1 is 1.52 bits per heavy atom. The number of nitrogens with zero attached hydrogens (tertiary/aromatic N) is 2. The molecule has 1 aliphatic rings. The average Bonchev–Trinajstić information content (AvgIpc) is 3.06. The minimum atomic E-state index is -0.442. The monoisotopic (exact) mass is 294 g/mol. The molecule has 0 unspecified atom stereocenters. The van der Waals surface area contributed by atoms with Gasteiger partial charge in [0.25, 0.3) is 0 Å². The Balaban J connectivity index is 1.91. The van der Waals surface area contributed by atoms with Crippen LogP contribution in [0.25, 0.3) is 0 Å². The third-order valence-corrected chi connectivity index (χ3v) is 3.96. The van der Waals surface area contributed by atoms with Gasteiger partial charge < -0.3 is 14.1 Å². The normalized spacial score (nSPS) is 20.9. The number of ether oxygens (including phenoxy) is 1. The Hall–Kier alpha value is -1.49. The standard InChI is InChI=1S/C16H26N2O3/c1-12(14-7-6-10-20-14)17(5)13-8-9-18(11-13)15(19)21-16(2,3)4/h6-7,10,12-13H,8-9,11H2,1-5H3/t12-,13+/m0/s1. The lowest BCUT2D eigenvalue weighted by Gasteiger charge is -2.30. The van der Waals surface area contributed by atoms with Crippen molar-refractivity contribution in [2.45, 2.75) is 51.8 Å². The predicted molar refractivity (Wildman–Crippen MR) is 81.1 cm³/mol. The summed E-state index contributed by atoms with van der Waals surface area (Å²) in [5.41, 5.74) is -0.442. The second-order valence-corrected chi connectivity index (χ2v) is 6.73. The highest BCUT2D eigenvalue weighted by Crippen LogP contribution is 2.26. The number of carbonyl (C=O) groups is 1. The first kappa shape index (κ1) is 15.9. The van der Waals surface area contributed by atoms with Crippen molar-refractivity contribution in [1.82, 2.24) is 9.80 Å². The molecular weight excluding hydrogens is 268 g/mol. The largest absolute Gasteiger partial charge is 0.468 e. The fraction of sp³-hybridized carbons (Fsp3) is 0.688. The van der Waals surface area contributed by atoms with E-state index >= 15 is 0 Å². The number of likely N-dealkylation sites (N-methyl/N-ethyl adjacent to an activating group) is 1. The third kappa shape index (κ3) is 4.00. The van der Waals surface area contributed by atoms with Gasteiger partial charge in [-0.05, 0) is 53.3 Å². The lowest BCUT2D eigenvalue weighted by atomic mass is 10.1. The number of likely N-dealkylation sites (tertiary alicyclic amines) is 1. The second-order valence-electron chi connectivity index (χ2n) is 6.73. The van der Waals surface area contributed by atoms with E-state index in [2.05, 4.69) is 18.9 Å². The first-order chi connectivity index (χ1) is 9.78. The minimum absolute atomic E-state index is 0.198. The van der Waals surface area contributed by atoms with Crippen LogP contribution in [0.5, 0.6) is 0 Å². The molecule has 21 heavy (non-hydrogen) atoms. The highest BCUT2D eigenvalue weighted by atomic mass is 16.6. The second kappa shape index (κ2) is 6.10. The Morgan fingerprint density at radius 3 is 2.81 bits per heavy atom. The van der Waals surface area contributed by atoms with Crippen LogP contribution in [-0.4, -0.2) is 47.7 Å². The van der Waals surface area contributed by atoms with Crippen LogP contribution in [0.15, 0.2) is 22.8 Å². The summed E-state index contributed by atoms with van der Waals surface area (Å²) in [5, 5.41) is 0. The van der Waals surface area contributed by atoms with Crippen molar-refractivity contribution in [3.63, 3.8) is 0 Å². The molecule has 0 saturated carbocycles. The number of furan rings is 1. The van der Waals surface area contributed by atoms with E-state index in [0.717, 1.165) is 18.7 Å². The lowest BCUT2D eigenvalue weighted by molar-refractivity contribution is 0.0277. The van der Waals surface area contributed by atoms with Crippen molar-refractivity contribution in [3.05, 3.63) is 24.2 Å². The molecule has 1 fully saturated rings. The third-order valence-electron chi connectivity index (χ3n) is 3.96. The molecule has 0 aromatic carbocycles. The fourth-order valence-corrected chi connectivity index (χ4v) is 2.61. The van der Waals surface area contributed by atoms with E-state index in [1.807, 2.05) is 32.9 Å². The molecule has 0 radical (unpaired) electrons. The van der Waals surface area contributed by atoms with Gasteiger partial charge in [0.1, 0.15) is 11.4 Å². The number of hydrogen-bond donors (Lipinski definition) is 0. The van der Waals surface area contributed by atoms with Crippen molar-refractivity contribution >= 4 is 6.09 Å². The van der Waals surface area contributed by atoms with E-state index in [1.54, 1.807) is 11.2 Å². The Labute approximate surface area is 126 Å². The van der Waals surface area contributed by atoms with E-state index in [4.69, 9.17) is 9.15 Å². The number of hydrogen-bond acceptors (Lipinski definition) is 4. The molecule has 0 bridgehead atoms. The zero-order valence-corrected chi connectivity index (χ0v) is 13.6. The first-order valence-electron chi connectivity index (χ1n) is 7.51. The summed E-state index contributed by atoms with van der Waals surface area (Å²) >= 11 is 0. The van der Waals surface area contributed by atoms with Gasteiger partial charge in [0.2, 0.25) is 0 Å². The maximum absolute atomic E-state index is 12.1. The van der Waals surface area contributed by atoms with Gasteiger partial charge in [0.15, 0.2) is 0 Å². The van der Waals surface area contributed by atoms with E-state index in [0.29, 0.717) is 12.6 Å². The van der Waals surface area contributed by atoms with Crippen molar-refractivity contribution in [2.24, 2.45) is 0 Å². The molecule has 1 aliphatic heterocycles. The highest BCUT2D eigenvalue weighted by molar-refractivity contribution is 5.68. The van der Waals surface area contributed by atoms with Crippen LogP contribution in [0.1, 0.15) is 45.9 Å². The van der Waals surface area contributed by atoms with Gasteiger partial charge in [-0.2, -0.15) is 0 Å². The van der Waals surface area contributed by atoms with E-state index in [-0.39, 0.29) is 12.1 Å². The highest BCUT2D eigenvalue weighted by Gasteiger charge is 2.33. The van der Waals surface area contributed by atoms with Crippen molar-refractivity contribution in [1.29, 1.82) is 0 Å². The summed E-state index contributed by atoms with van der Waals surface area (Å²) in [4.78, 5) is 16.2. The molecule has 118 valence electrons. The maximum atomic E-state index is 12.1. The molecule has 1 saturated heterocycles. The van der Waals surface area contributed by atoms with E-state index in [1.165, 1.54) is 0 Å². The summed E-state index contributed by atoms with van der Waals surface area (Å²) in [6.45, 7) is 9.25. The quantitative estimate of drug-likeness (QED) is 0.858. The van der Waals surface area contributed by atoms with E-state index in [9.17, 15) is 4.79 Å². The van der Waals surface area contributed by atoms with Gasteiger partial charge in [-0.15, -0.1) is 0 Å². The molecular formula is C16H26N2O3. The molecule has 0 N–H and O–H groups in total. The van der Waals surface area contributed by atoms with Crippen LogP contribution >= 0.6 is 0 Å². The van der Waals surface area contributed by atoms with Crippen molar-refractivity contribution < 1.29 is 13.9 Å². The zero-order chi connectivity index (χ0) is 15.6. The summed E-state index contributed by atoms with van der Waals surface area (Å²) < 4.78 is 10.9. The lowest BCUT2D eigenvalue weighted by Crippen LogP contribution is -2.39. The average molecular weight is 294 g/mol. The SMILES string of the molecule is C[C@@H](c1ccco1)N(C)[C@@H]1CCN(C(=O)OC(C)(C)C)C1. The topological polar surface area (TPSA) is 45.9 Å². The molecule has 0 aliphatic carbocycles. The Morgan fingerprint density at radius 2 is 2.24 bits per heavy atom. The van der Waals surface area contributed by atoms with Crippen LogP contribution in [0, 0.1) is 0 Å². The van der Waals surface area contributed by atoms with Crippen LogP contribution < -0.4 is 0 Å². The van der Waals surface area contributed by atoms with Crippen molar-refractivity contribution in [3.8, 4) is 0 Å². The molecule has 2 heterocycles. The maximum Gasteiger partial charge on any atom is 0.410 e. The van der Waals surface area contributed by atoms with Crippen LogP contribution in [0.3, 0.4) is 0 Å². The molecule has 5 heteroatoms. The summed E-state index contributed by atoms with van der Waals surface area (Å²) in [7, 11) is 2.08. The Bertz CT molecular complexity index is 464. The smallest absolute Gasteiger partial charge is 0.410 e. The summed E-state index contributed by atoms with van der Waals surface area (Å²) in [6.07, 6.45) is 2.44. The molecule has 1 aromatic heterocycles. The van der Waals surface area contributed by atoms with Gasteiger partial charge in [0, 0.05) is 19.1 Å². The van der Waals surface area contributed by atoms with Gasteiger partial charge in [-0.25, -0.2) is 4.79 Å². The molecule has 1 aromatic rings. The van der Waals surface area contributed by atoms with Gasteiger partial charge in [0.05, 0.1) is 12.3 Å². The first-order valence-corrected chi connectivity index (χ1v) is 7.51. The van der Waals surface area contributed by atoms with Gasteiger partial charge in [-0.1, -0.05) is 0 Å². The van der Waals surface area contributed by atoms with Crippen LogP contribution in [0.4, 0.5) is 4.79 Å². The Kier molecular flexibility index (Phi) is 4.61. The van der Waals surface area contributed by atoms with Crippen molar-refractivity contribution in [2.75, 3.05) is 20.1 Å². The van der Waals surface area contributed by atoms with Gasteiger partial charge in [-0.3, -0.25) is 4.90 Å². The summed E-state index contributed by atoms with van der Waals surface area (Å²) in [6, 6.07) is 4.42. The predicted octanol–water partition coefficient (Wildman–Crippen LogP) is 3.28. The molecule has 1 amide bonds. The minimum Gasteiger partial charge on any atom is -0.468 e. The fourth-order valence-electron chi connectivity index (χ4n) is 2.61. The number of carbonyl (C=O) groups excluding carboxylic acids is 1.